The number of rotatable bonds is 4. The molecule has 3 unspecified atom stereocenters. The number of nitrogens with zero attached hydrogens (tertiary/aromatic N) is 1. The van der Waals surface area contributed by atoms with Gasteiger partial charge in [0.05, 0.1) is 0 Å². The largest absolute Gasteiger partial charge is 0.314 e. The first-order valence-corrected chi connectivity index (χ1v) is 7.49. The van der Waals surface area contributed by atoms with Gasteiger partial charge in [-0.05, 0) is 69.6 Å². The van der Waals surface area contributed by atoms with Gasteiger partial charge in [-0.2, -0.15) is 0 Å². The van der Waals surface area contributed by atoms with Crippen molar-refractivity contribution in [2.45, 2.75) is 38.6 Å². The lowest BCUT2D eigenvalue weighted by molar-refractivity contribution is 0.201. The molecular formula is C15H26N2. The summed E-state index contributed by atoms with van der Waals surface area (Å²) in [7, 11) is 0. The number of piperidine rings is 1. The van der Waals surface area contributed by atoms with Gasteiger partial charge in [0.2, 0.25) is 0 Å². The van der Waals surface area contributed by atoms with Gasteiger partial charge in [-0.1, -0.05) is 19.1 Å². The van der Waals surface area contributed by atoms with E-state index in [1.54, 1.807) is 0 Å². The smallest absolute Gasteiger partial charge is 0.00915 e. The van der Waals surface area contributed by atoms with Crippen LogP contribution in [0.4, 0.5) is 0 Å². The van der Waals surface area contributed by atoms with Gasteiger partial charge in [-0.15, -0.1) is 0 Å². The number of nitrogens with one attached hydrogen (secondary N) is 1. The zero-order valence-electron chi connectivity index (χ0n) is 11.1. The monoisotopic (exact) mass is 234 g/mol. The molecule has 0 amide bonds. The molecule has 3 rings (SSSR count). The van der Waals surface area contributed by atoms with E-state index in [0.717, 1.165) is 23.8 Å². The Labute approximate surface area is 105 Å². The number of likely N-dealkylation sites (tertiary alicyclic amines) is 1. The Morgan fingerprint density at radius 3 is 2.59 bits per heavy atom. The molecule has 2 nitrogen and oxygen atoms in total. The van der Waals surface area contributed by atoms with Crippen LogP contribution >= 0.6 is 0 Å². The molecule has 0 aromatic carbocycles. The highest BCUT2D eigenvalue weighted by Crippen LogP contribution is 2.43. The van der Waals surface area contributed by atoms with Crippen molar-refractivity contribution >= 4 is 0 Å². The zero-order chi connectivity index (χ0) is 11.7. The molecule has 0 aromatic rings. The van der Waals surface area contributed by atoms with Gasteiger partial charge < -0.3 is 10.2 Å². The topological polar surface area (TPSA) is 15.3 Å². The number of allylic oxidation sites excluding steroid dienone is 2. The summed E-state index contributed by atoms with van der Waals surface area (Å²) in [4.78, 5) is 2.57. The van der Waals surface area contributed by atoms with Gasteiger partial charge in [0.1, 0.15) is 0 Å². The van der Waals surface area contributed by atoms with Crippen LogP contribution in [0.3, 0.4) is 0 Å². The summed E-state index contributed by atoms with van der Waals surface area (Å²) in [6.07, 6.45) is 10.5. The van der Waals surface area contributed by atoms with Crippen LogP contribution < -0.4 is 5.32 Å². The lowest BCUT2D eigenvalue weighted by atomic mass is 9.93. The van der Waals surface area contributed by atoms with E-state index < -0.39 is 0 Å². The average Bonchev–Trinajstić information content (AvgIpc) is 2.99. The van der Waals surface area contributed by atoms with Crippen molar-refractivity contribution in [3.05, 3.63) is 12.2 Å². The summed E-state index contributed by atoms with van der Waals surface area (Å²) in [5.74, 6) is 2.77. The fraction of sp³-hybridized carbons (Fsp3) is 0.867. The normalized spacial score (nSPS) is 38.1. The predicted octanol–water partition coefficient (Wildman–Crippen LogP) is 2.27. The van der Waals surface area contributed by atoms with Gasteiger partial charge in [-0.3, -0.25) is 0 Å². The molecule has 3 aliphatic rings. The second-order valence-electron chi connectivity index (χ2n) is 6.16. The van der Waals surface area contributed by atoms with E-state index in [1.165, 1.54) is 51.9 Å². The molecule has 3 atom stereocenters. The maximum absolute atomic E-state index is 3.83. The Morgan fingerprint density at radius 1 is 1.18 bits per heavy atom. The van der Waals surface area contributed by atoms with Gasteiger partial charge >= 0.3 is 0 Å². The summed E-state index contributed by atoms with van der Waals surface area (Å²) in [5, 5.41) is 3.83. The van der Waals surface area contributed by atoms with Crippen LogP contribution in [0.15, 0.2) is 12.2 Å². The van der Waals surface area contributed by atoms with Crippen molar-refractivity contribution in [2.24, 2.45) is 17.8 Å². The highest BCUT2D eigenvalue weighted by atomic mass is 15.1. The molecule has 1 saturated carbocycles. The SMILES string of the molecule is CCN1CCC(NCC2CC3C=CC2C3)CC1. The molecule has 0 radical (unpaired) electrons. The van der Waals surface area contributed by atoms with Crippen LogP contribution in [0.5, 0.6) is 0 Å². The van der Waals surface area contributed by atoms with E-state index in [1.807, 2.05) is 0 Å². The lowest BCUT2D eigenvalue weighted by Gasteiger charge is -2.32. The Balaban J connectivity index is 1.39. The molecule has 1 N–H and O–H groups in total. The minimum Gasteiger partial charge on any atom is -0.314 e. The summed E-state index contributed by atoms with van der Waals surface area (Å²) >= 11 is 0. The predicted molar refractivity (Wildman–Crippen MR) is 72.0 cm³/mol. The number of hydrogen-bond donors (Lipinski definition) is 1. The van der Waals surface area contributed by atoms with Crippen LogP contribution in [-0.4, -0.2) is 37.1 Å². The maximum Gasteiger partial charge on any atom is 0.00915 e. The molecule has 2 fully saturated rings. The first kappa shape index (κ1) is 11.7. The standard InChI is InChI=1S/C15H26N2/c1-2-17-7-5-15(6-8-17)16-11-14-10-12-3-4-13(14)9-12/h3-4,12-16H,2,5-11H2,1H3. The summed E-state index contributed by atoms with van der Waals surface area (Å²) in [6.45, 7) is 7.36. The molecule has 0 aromatic heterocycles. The quantitative estimate of drug-likeness (QED) is 0.751. The summed E-state index contributed by atoms with van der Waals surface area (Å²) in [6, 6.07) is 0.793. The maximum atomic E-state index is 3.83. The molecule has 2 heteroatoms. The molecular weight excluding hydrogens is 208 g/mol. The third-order valence-electron chi connectivity index (χ3n) is 5.12. The van der Waals surface area contributed by atoms with Gasteiger partial charge in [0.25, 0.3) is 0 Å². The highest BCUT2D eigenvalue weighted by Gasteiger charge is 2.35. The van der Waals surface area contributed by atoms with E-state index >= 15 is 0 Å². The average molecular weight is 234 g/mol. The van der Waals surface area contributed by atoms with Crippen LogP contribution in [0.1, 0.15) is 32.6 Å². The zero-order valence-corrected chi connectivity index (χ0v) is 11.1. The van der Waals surface area contributed by atoms with Crippen molar-refractivity contribution in [1.29, 1.82) is 0 Å². The van der Waals surface area contributed by atoms with Crippen LogP contribution in [0.25, 0.3) is 0 Å². The van der Waals surface area contributed by atoms with E-state index in [9.17, 15) is 0 Å². The first-order chi connectivity index (χ1) is 8.35. The van der Waals surface area contributed by atoms with Crippen LogP contribution in [0.2, 0.25) is 0 Å². The van der Waals surface area contributed by atoms with Gasteiger partial charge in [0.15, 0.2) is 0 Å². The molecule has 1 aliphatic heterocycles. The molecule has 0 spiro atoms. The minimum atomic E-state index is 0.793. The number of fused-ring (bicyclic) bond motifs is 2. The summed E-state index contributed by atoms with van der Waals surface area (Å²) < 4.78 is 0. The number of hydrogen-bond acceptors (Lipinski definition) is 2. The van der Waals surface area contributed by atoms with E-state index in [-0.39, 0.29) is 0 Å². The second-order valence-corrected chi connectivity index (χ2v) is 6.16. The third kappa shape index (κ3) is 2.58. The molecule has 1 saturated heterocycles. The molecule has 2 bridgehead atoms. The van der Waals surface area contributed by atoms with Crippen molar-refractivity contribution in [1.82, 2.24) is 10.2 Å². The summed E-state index contributed by atoms with van der Waals surface area (Å²) in [5.41, 5.74) is 0. The van der Waals surface area contributed by atoms with Gasteiger partial charge in [0, 0.05) is 6.04 Å². The Morgan fingerprint density at radius 2 is 2.00 bits per heavy atom. The Bertz CT molecular complexity index is 279. The van der Waals surface area contributed by atoms with Gasteiger partial charge in [-0.25, -0.2) is 0 Å². The van der Waals surface area contributed by atoms with Crippen molar-refractivity contribution in [3.8, 4) is 0 Å². The molecule has 17 heavy (non-hydrogen) atoms. The minimum absolute atomic E-state index is 0.793. The van der Waals surface area contributed by atoms with Crippen molar-refractivity contribution in [2.75, 3.05) is 26.2 Å². The van der Waals surface area contributed by atoms with Crippen LogP contribution in [0, 0.1) is 17.8 Å². The van der Waals surface area contributed by atoms with Crippen LogP contribution in [-0.2, 0) is 0 Å². The fourth-order valence-electron chi connectivity index (χ4n) is 3.90. The van der Waals surface area contributed by atoms with E-state index in [4.69, 9.17) is 0 Å². The second kappa shape index (κ2) is 5.11. The molecule has 2 aliphatic carbocycles. The first-order valence-electron chi connectivity index (χ1n) is 7.49. The van der Waals surface area contributed by atoms with E-state index in [0.29, 0.717) is 0 Å². The third-order valence-corrected chi connectivity index (χ3v) is 5.12. The molecule has 1 heterocycles. The molecule has 96 valence electrons. The van der Waals surface area contributed by atoms with Crippen molar-refractivity contribution < 1.29 is 0 Å². The van der Waals surface area contributed by atoms with E-state index in [2.05, 4.69) is 29.3 Å². The highest BCUT2D eigenvalue weighted by molar-refractivity contribution is 5.10. The Kier molecular flexibility index (Phi) is 3.53. The van der Waals surface area contributed by atoms with Crippen molar-refractivity contribution in [3.63, 3.8) is 0 Å². The fourth-order valence-corrected chi connectivity index (χ4v) is 3.90. The lowest BCUT2D eigenvalue weighted by Crippen LogP contribution is -2.44. The Hall–Kier alpha value is -0.340.